The van der Waals surface area contributed by atoms with Gasteiger partial charge in [-0.2, -0.15) is 0 Å². The normalized spacial score (nSPS) is 15.1. The zero-order valence-corrected chi connectivity index (χ0v) is 8.94. The summed E-state index contributed by atoms with van der Waals surface area (Å²) in [7, 11) is 1.73. The van der Waals surface area contributed by atoms with Crippen molar-refractivity contribution in [2.75, 3.05) is 20.3 Å². The average Bonchev–Trinajstić information content (AvgIpc) is 2.21. The SMILES string of the molecule is COCC(C)C(CN)c1ccccc1. The van der Waals surface area contributed by atoms with Crippen molar-refractivity contribution < 1.29 is 4.74 Å². The Morgan fingerprint density at radius 1 is 1.29 bits per heavy atom. The molecule has 0 aliphatic carbocycles. The molecule has 0 spiro atoms. The van der Waals surface area contributed by atoms with E-state index in [4.69, 9.17) is 10.5 Å². The van der Waals surface area contributed by atoms with E-state index in [-0.39, 0.29) is 0 Å². The Labute approximate surface area is 86.1 Å². The molecule has 0 heterocycles. The molecule has 78 valence electrons. The first-order chi connectivity index (χ1) is 6.79. The van der Waals surface area contributed by atoms with Crippen molar-refractivity contribution in [2.45, 2.75) is 12.8 Å². The third-order valence-electron chi connectivity index (χ3n) is 2.60. The van der Waals surface area contributed by atoms with Crippen molar-refractivity contribution in [2.24, 2.45) is 11.7 Å². The van der Waals surface area contributed by atoms with Crippen molar-refractivity contribution in [3.8, 4) is 0 Å². The highest BCUT2D eigenvalue weighted by atomic mass is 16.5. The van der Waals surface area contributed by atoms with Gasteiger partial charge in [0.25, 0.3) is 0 Å². The summed E-state index contributed by atoms with van der Waals surface area (Å²) in [6.45, 7) is 3.61. The number of hydrogen-bond acceptors (Lipinski definition) is 2. The summed E-state index contributed by atoms with van der Waals surface area (Å²) in [5.41, 5.74) is 7.09. The second kappa shape index (κ2) is 5.78. The summed E-state index contributed by atoms with van der Waals surface area (Å²) < 4.78 is 5.15. The zero-order valence-electron chi connectivity index (χ0n) is 8.94. The Balaban J connectivity index is 2.71. The zero-order chi connectivity index (χ0) is 10.4. The summed E-state index contributed by atoms with van der Waals surface area (Å²) in [6.07, 6.45) is 0. The van der Waals surface area contributed by atoms with Gasteiger partial charge in [-0.3, -0.25) is 0 Å². The molecule has 2 nitrogen and oxygen atoms in total. The maximum atomic E-state index is 5.78. The van der Waals surface area contributed by atoms with Crippen LogP contribution in [0.4, 0.5) is 0 Å². The minimum Gasteiger partial charge on any atom is -0.384 e. The number of nitrogens with two attached hydrogens (primary N) is 1. The van der Waals surface area contributed by atoms with Crippen LogP contribution in [0.1, 0.15) is 18.4 Å². The Hall–Kier alpha value is -0.860. The van der Waals surface area contributed by atoms with Crippen LogP contribution in [0.2, 0.25) is 0 Å². The van der Waals surface area contributed by atoms with Crippen LogP contribution in [0, 0.1) is 5.92 Å². The lowest BCUT2D eigenvalue weighted by atomic mass is 9.88. The van der Waals surface area contributed by atoms with E-state index < -0.39 is 0 Å². The van der Waals surface area contributed by atoms with Crippen molar-refractivity contribution in [3.05, 3.63) is 35.9 Å². The molecule has 0 saturated carbocycles. The lowest BCUT2D eigenvalue weighted by Crippen LogP contribution is -2.22. The summed E-state index contributed by atoms with van der Waals surface area (Å²) in [4.78, 5) is 0. The smallest absolute Gasteiger partial charge is 0.0494 e. The van der Waals surface area contributed by atoms with E-state index in [2.05, 4.69) is 31.2 Å². The van der Waals surface area contributed by atoms with Gasteiger partial charge in [0.15, 0.2) is 0 Å². The van der Waals surface area contributed by atoms with Crippen molar-refractivity contribution in [1.82, 2.24) is 0 Å². The maximum Gasteiger partial charge on any atom is 0.0494 e. The molecule has 0 bridgehead atoms. The summed E-state index contributed by atoms with van der Waals surface area (Å²) in [5.74, 6) is 0.864. The Bertz CT molecular complexity index is 248. The van der Waals surface area contributed by atoms with E-state index in [1.807, 2.05) is 6.07 Å². The minimum atomic E-state index is 0.399. The fraction of sp³-hybridized carbons (Fsp3) is 0.500. The highest BCUT2D eigenvalue weighted by molar-refractivity contribution is 5.20. The molecule has 2 atom stereocenters. The van der Waals surface area contributed by atoms with Gasteiger partial charge in [0.1, 0.15) is 0 Å². The lowest BCUT2D eigenvalue weighted by molar-refractivity contribution is 0.147. The maximum absolute atomic E-state index is 5.78. The van der Waals surface area contributed by atoms with Gasteiger partial charge in [0.2, 0.25) is 0 Å². The van der Waals surface area contributed by atoms with E-state index in [0.717, 1.165) is 6.61 Å². The van der Waals surface area contributed by atoms with Gasteiger partial charge in [-0.25, -0.2) is 0 Å². The molecule has 1 rings (SSSR count). The number of benzene rings is 1. The van der Waals surface area contributed by atoms with Crippen LogP contribution >= 0.6 is 0 Å². The van der Waals surface area contributed by atoms with Crippen molar-refractivity contribution in [1.29, 1.82) is 0 Å². The van der Waals surface area contributed by atoms with Crippen molar-refractivity contribution in [3.63, 3.8) is 0 Å². The lowest BCUT2D eigenvalue weighted by Gasteiger charge is -2.22. The highest BCUT2D eigenvalue weighted by Crippen LogP contribution is 2.23. The van der Waals surface area contributed by atoms with Crippen LogP contribution in [0.3, 0.4) is 0 Å². The molecule has 2 N–H and O–H groups in total. The summed E-state index contributed by atoms with van der Waals surface area (Å²) >= 11 is 0. The molecule has 0 fully saturated rings. The second-order valence-electron chi connectivity index (χ2n) is 3.69. The first-order valence-electron chi connectivity index (χ1n) is 5.03. The number of hydrogen-bond donors (Lipinski definition) is 1. The first-order valence-corrected chi connectivity index (χ1v) is 5.03. The monoisotopic (exact) mass is 193 g/mol. The topological polar surface area (TPSA) is 35.2 Å². The molecule has 1 aromatic rings. The van der Waals surface area contributed by atoms with Crippen LogP contribution < -0.4 is 5.73 Å². The van der Waals surface area contributed by atoms with Gasteiger partial charge in [-0.1, -0.05) is 37.3 Å². The molecular formula is C12H19NO. The van der Waals surface area contributed by atoms with Crippen LogP contribution in [0.5, 0.6) is 0 Å². The summed E-state index contributed by atoms with van der Waals surface area (Å²) in [6, 6.07) is 10.4. The Kier molecular flexibility index (Phi) is 4.63. The molecule has 2 heteroatoms. The molecule has 0 aliphatic rings. The predicted molar refractivity (Wildman–Crippen MR) is 59.3 cm³/mol. The Morgan fingerprint density at radius 3 is 2.43 bits per heavy atom. The molecule has 0 amide bonds. The standard InChI is InChI=1S/C12H19NO/c1-10(9-14-2)12(8-13)11-6-4-3-5-7-11/h3-7,10,12H,8-9,13H2,1-2H3. The highest BCUT2D eigenvalue weighted by Gasteiger charge is 2.16. The van der Waals surface area contributed by atoms with E-state index in [1.54, 1.807) is 7.11 Å². The van der Waals surface area contributed by atoms with Crippen LogP contribution in [-0.2, 0) is 4.74 Å². The fourth-order valence-corrected chi connectivity index (χ4v) is 1.78. The quantitative estimate of drug-likeness (QED) is 0.776. The van der Waals surface area contributed by atoms with Gasteiger partial charge in [-0.15, -0.1) is 0 Å². The molecular weight excluding hydrogens is 174 g/mol. The largest absolute Gasteiger partial charge is 0.384 e. The molecule has 0 aromatic heterocycles. The Morgan fingerprint density at radius 2 is 1.93 bits per heavy atom. The van der Waals surface area contributed by atoms with Crippen LogP contribution in [0.25, 0.3) is 0 Å². The number of rotatable bonds is 5. The first kappa shape index (κ1) is 11.2. The average molecular weight is 193 g/mol. The van der Waals surface area contributed by atoms with Crippen LogP contribution in [0.15, 0.2) is 30.3 Å². The van der Waals surface area contributed by atoms with E-state index in [9.17, 15) is 0 Å². The molecule has 14 heavy (non-hydrogen) atoms. The predicted octanol–water partition coefficient (Wildman–Crippen LogP) is 2.01. The summed E-state index contributed by atoms with van der Waals surface area (Å²) in [5, 5.41) is 0. The van der Waals surface area contributed by atoms with E-state index in [1.165, 1.54) is 5.56 Å². The fourth-order valence-electron chi connectivity index (χ4n) is 1.78. The third kappa shape index (κ3) is 2.82. The van der Waals surface area contributed by atoms with Gasteiger partial charge >= 0.3 is 0 Å². The number of ether oxygens (including phenoxy) is 1. The molecule has 0 saturated heterocycles. The van der Waals surface area contributed by atoms with Gasteiger partial charge < -0.3 is 10.5 Å². The molecule has 2 unspecified atom stereocenters. The van der Waals surface area contributed by atoms with E-state index >= 15 is 0 Å². The molecule has 0 radical (unpaired) electrons. The second-order valence-corrected chi connectivity index (χ2v) is 3.69. The number of methoxy groups -OCH3 is 1. The van der Waals surface area contributed by atoms with Crippen LogP contribution in [-0.4, -0.2) is 20.3 Å². The minimum absolute atomic E-state index is 0.399. The molecule has 0 aliphatic heterocycles. The van der Waals surface area contributed by atoms with Gasteiger partial charge in [-0.05, 0) is 18.0 Å². The van der Waals surface area contributed by atoms with Gasteiger partial charge in [0.05, 0.1) is 0 Å². The van der Waals surface area contributed by atoms with Crippen molar-refractivity contribution >= 4 is 0 Å². The van der Waals surface area contributed by atoms with E-state index in [0.29, 0.717) is 18.4 Å². The van der Waals surface area contributed by atoms with Gasteiger partial charge in [0, 0.05) is 19.6 Å². The third-order valence-corrected chi connectivity index (χ3v) is 2.60. The molecule has 1 aromatic carbocycles.